The molecule has 4 nitrogen and oxygen atoms in total. The summed E-state index contributed by atoms with van der Waals surface area (Å²) in [6, 6.07) is 0. The van der Waals surface area contributed by atoms with E-state index in [1.54, 1.807) is 0 Å². The van der Waals surface area contributed by atoms with Gasteiger partial charge in [0, 0.05) is 5.97 Å². The van der Waals surface area contributed by atoms with Crippen molar-refractivity contribution >= 4 is 5.97 Å². The molecule has 0 atom stereocenters. The third kappa shape index (κ3) is 405. The molecule has 0 rings (SSSR count). The van der Waals surface area contributed by atoms with E-state index in [0.717, 1.165) is 6.92 Å². The minimum atomic E-state index is -1.08. The molecular formula is C2H7LaO4+2. The van der Waals surface area contributed by atoms with Crippen LogP contribution in [-0.2, 0) is 4.79 Å². The molecule has 0 bridgehead atoms. The fourth-order valence-corrected chi connectivity index (χ4v) is 0. The summed E-state index contributed by atoms with van der Waals surface area (Å²) in [7, 11) is 0. The van der Waals surface area contributed by atoms with Crippen LogP contribution >= 0.6 is 0 Å². The first-order valence-corrected chi connectivity index (χ1v) is 0.908. The van der Waals surface area contributed by atoms with Crippen molar-refractivity contribution in [3.8, 4) is 0 Å². The van der Waals surface area contributed by atoms with E-state index in [-0.39, 0.29) is 46.6 Å². The van der Waals surface area contributed by atoms with Gasteiger partial charge in [-0.15, -0.1) is 0 Å². The monoisotopic (exact) mass is 234 g/mol. The van der Waals surface area contributed by atoms with Crippen LogP contribution in [-0.4, -0.2) is 16.9 Å². The quantitative estimate of drug-likeness (QED) is 0.448. The van der Waals surface area contributed by atoms with Crippen molar-refractivity contribution in [1.82, 2.24) is 0 Å². The van der Waals surface area contributed by atoms with Crippen molar-refractivity contribution in [1.29, 1.82) is 0 Å². The average Bonchev–Trinajstić information content (AvgIpc) is 0.811. The van der Waals surface area contributed by atoms with E-state index < -0.39 is 5.97 Å². The molecule has 7 heavy (non-hydrogen) atoms. The van der Waals surface area contributed by atoms with E-state index in [1.165, 1.54) is 0 Å². The van der Waals surface area contributed by atoms with Gasteiger partial charge in [0.1, 0.15) is 0 Å². The molecule has 5 heteroatoms. The Bertz CT molecular complexity index is 32.7. The molecule has 0 aromatic rings. The zero-order valence-corrected chi connectivity index (χ0v) is 7.52. The van der Waals surface area contributed by atoms with Crippen LogP contribution in [0.1, 0.15) is 6.92 Å². The number of carbonyl (C=O) groups is 1. The molecule has 0 aromatic carbocycles. The second kappa shape index (κ2) is 16.0. The van der Waals surface area contributed by atoms with Crippen molar-refractivity contribution in [3.63, 3.8) is 0 Å². The molecule has 0 heterocycles. The van der Waals surface area contributed by atoms with Crippen LogP contribution < -0.4 is 5.11 Å². The third-order valence-electron chi connectivity index (χ3n) is 0. The average molecular weight is 234 g/mol. The standard InChI is InChI=1S/C2H4O2.La.2H2O/c1-2(3)4;;;/h1H3,(H,3,4);;2*1H2/q;+3;;/p-1. The normalized spacial score (nSPS) is 3.57. The maximum absolute atomic E-state index is 8.89. The summed E-state index contributed by atoms with van der Waals surface area (Å²) < 4.78 is 0. The fourth-order valence-electron chi connectivity index (χ4n) is 0. The Hall–Kier alpha value is 0.585. The van der Waals surface area contributed by atoms with Crippen LogP contribution in [0.2, 0.25) is 0 Å². The summed E-state index contributed by atoms with van der Waals surface area (Å²) in [6.45, 7) is 0.972. The minimum absolute atomic E-state index is 0. The Kier molecular flexibility index (Phi) is 58.4. The molecule has 0 saturated carbocycles. The van der Waals surface area contributed by atoms with Gasteiger partial charge in [0.15, 0.2) is 0 Å². The Balaban J connectivity index is -0.0000000150. The molecule has 4 N–H and O–H groups in total. The van der Waals surface area contributed by atoms with Gasteiger partial charge < -0.3 is 20.9 Å². The summed E-state index contributed by atoms with van der Waals surface area (Å²) in [5.41, 5.74) is 0. The second-order valence-electron chi connectivity index (χ2n) is 0.492. The van der Waals surface area contributed by atoms with Crippen molar-refractivity contribution in [3.05, 3.63) is 0 Å². The molecule has 40 valence electrons. The van der Waals surface area contributed by atoms with Gasteiger partial charge in [-0.2, -0.15) is 0 Å². The first-order valence-electron chi connectivity index (χ1n) is 0.908. The van der Waals surface area contributed by atoms with Crippen molar-refractivity contribution in [2.45, 2.75) is 6.92 Å². The topological polar surface area (TPSA) is 103 Å². The molecule has 0 amide bonds. The van der Waals surface area contributed by atoms with Gasteiger partial charge in [-0.3, -0.25) is 0 Å². The molecule has 0 fully saturated rings. The number of hydrogen-bond acceptors (Lipinski definition) is 2. The molecule has 0 aromatic heterocycles. The SMILES string of the molecule is CC(=O)[O-].O.O.[La+3]. The zero-order chi connectivity index (χ0) is 3.58. The number of carboxylic acids is 1. The Labute approximate surface area is 69.1 Å². The summed E-state index contributed by atoms with van der Waals surface area (Å²) in [6.07, 6.45) is 0. The maximum atomic E-state index is 8.89. The van der Waals surface area contributed by atoms with Crippen molar-refractivity contribution in [2.75, 3.05) is 0 Å². The molecule has 0 aliphatic rings. The van der Waals surface area contributed by atoms with Crippen LogP contribution in [0.15, 0.2) is 0 Å². The van der Waals surface area contributed by atoms with Gasteiger partial charge in [-0.05, 0) is 6.92 Å². The van der Waals surface area contributed by atoms with Gasteiger partial charge >= 0.3 is 35.6 Å². The molecule has 0 saturated heterocycles. The van der Waals surface area contributed by atoms with Crippen LogP contribution in [0.25, 0.3) is 0 Å². The van der Waals surface area contributed by atoms with E-state index in [1.807, 2.05) is 0 Å². The first-order chi connectivity index (χ1) is 1.73. The predicted octanol–water partition coefficient (Wildman–Crippen LogP) is -2.89. The van der Waals surface area contributed by atoms with Crippen LogP contribution in [0, 0.1) is 35.6 Å². The largest absolute Gasteiger partial charge is 3.00 e. The van der Waals surface area contributed by atoms with Gasteiger partial charge in [0.05, 0.1) is 0 Å². The number of aliphatic carboxylic acids is 1. The van der Waals surface area contributed by atoms with E-state index in [4.69, 9.17) is 9.90 Å². The minimum Gasteiger partial charge on any atom is -0.550 e. The van der Waals surface area contributed by atoms with Crippen LogP contribution in [0.5, 0.6) is 0 Å². The fraction of sp³-hybridized carbons (Fsp3) is 0.500. The van der Waals surface area contributed by atoms with Gasteiger partial charge in [-0.1, -0.05) is 0 Å². The molecule has 0 aliphatic heterocycles. The first kappa shape index (κ1) is 25.6. The zero-order valence-electron chi connectivity index (χ0n) is 3.89. The van der Waals surface area contributed by atoms with Crippen molar-refractivity contribution in [2.24, 2.45) is 0 Å². The molecular weight excluding hydrogens is 227 g/mol. The summed E-state index contributed by atoms with van der Waals surface area (Å²) in [4.78, 5) is 8.89. The number of rotatable bonds is 0. The van der Waals surface area contributed by atoms with Gasteiger partial charge in [-0.25, -0.2) is 0 Å². The molecule has 0 aliphatic carbocycles. The summed E-state index contributed by atoms with van der Waals surface area (Å²) >= 11 is 0. The van der Waals surface area contributed by atoms with Gasteiger partial charge in [0.2, 0.25) is 0 Å². The Morgan fingerprint density at radius 1 is 1.43 bits per heavy atom. The maximum Gasteiger partial charge on any atom is 3.00 e. The Morgan fingerprint density at radius 3 is 1.43 bits per heavy atom. The van der Waals surface area contributed by atoms with E-state index >= 15 is 0 Å². The van der Waals surface area contributed by atoms with Crippen LogP contribution in [0.4, 0.5) is 0 Å². The summed E-state index contributed by atoms with van der Waals surface area (Å²) in [5, 5.41) is 8.89. The van der Waals surface area contributed by atoms with Crippen molar-refractivity contribution < 1.29 is 56.5 Å². The molecule has 0 spiro atoms. The number of carboxylic acid groups (broad SMARTS) is 1. The van der Waals surface area contributed by atoms with E-state index in [2.05, 4.69) is 0 Å². The molecule has 0 radical (unpaired) electrons. The third-order valence-corrected chi connectivity index (χ3v) is 0. The van der Waals surface area contributed by atoms with E-state index in [0.29, 0.717) is 0 Å². The Morgan fingerprint density at radius 2 is 1.43 bits per heavy atom. The number of hydrogen-bond donors (Lipinski definition) is 0. The van der Waals surface area contributed by atoms with E-state index in [9.17, 15) is 0 Å². The second-order valence-corrected chi connectivity index (χ2v) is 0.492. The molecule has 0 unspecified atom stereocenters. The predicted molar refractivity (Wildman–Crippen MR) is 17.9 cm³/mol. The van der Waals surface area contributed by atoms with Crippen LogP contribution in [0.3, 0.4) is 0 Å². The summed E-state index contributed by atoms with van der Waals surface area (Å²) in [5.74, 6) is -1.08. The smallest absolute Gasteiger partial charge is 0.550 e. The number of carbonyl (C=O) groups excluding carboxylic acids is 1. The van der Waals surface area contributed by atoms with Gasteiger partial charge in [0.25, 0.3) is 0 Å².